The van der Waals surface area contributed by atoms with Gasteiger partial charge < -0.3 is 5.32 Å². The van der Waals surface area contributed by atoms with Crippen molar-refractivity contribution in [2.45, 2.75) is 11.3 Å². The highest BCUT2D eigenvalue weighted by molar-refractivity contribution is 8.01. The van der Waals surface area contributed by atoms with Gasteiger partial charge >= 0.3 is 0 Å². The summed E-state index contributed by atoms with van der Waals surface area (Å²) in [7, 11) is 0. The highest BCUT2D eigenvalue weighted by Crippen LogP contribution is 2.28. The Bertz CT molecular complexity index is 849. The molecule has 6 heteroatoms. The number of thiazole rings is 1. The summed E-state index contributed by atoms with van der Waals surface area (Å²) in [6.45, 7) is 1.96. The molecule has 0 radical (unpaired) electrons. The summed E-state index contributed by atoms with van der Waals surface area (Å²) in [4.78, 5) is 16.7. The fourth-order valence-corrected chi connectivity index (χ4v) is 4.02. The van der Waals surface area contributed by atoms with Crippen LogP contribution in [0.2, 0.25) is 5.02 Å². The minimum Gasteiger partial charge on any atom is -0.324 e. The first-order valence-corrected chi connectivity index (χ1v) is 9.56. The van der Waals surface area contributed by atoms with Crippen molar-refractivity contribution in [3.8, 4) is 11.3 Å². The monoisotopic (exact) mass is 374 g/mol. The van der Waals surface area contributed by atoms with E-state index in [2.05, 4.69) is 10.3 Å². The molecule has 0 unspecified atom stereocenters. The van der Waals surface area contributed by atoms with Gasteiger partial charge in [0.1, 0.15) is 0 Å². The molecule has 3 rings (SSSR count). The number of hydrogen-bond acceptors (Lipinski definition) is 4. The van der Waals surface area contributed by atoms with Crippen LogP contribution in [0.3, 0.4) is 0 Å². The number of amides is 1. The van der Waals surface area contributed by atoms with Crippen LogP contribution < -0.4 is 5.32 Å². The lowest BCUT2D eigenvalue weighted by Crippen LogP contribution is -2.14. The molecular weight excluding hydrogens is 360 g/mol. The van der Waals surface area contributed by atoms with Gasteiger partial charge in [0.25, 0.3) is 0 Å². The van der Waals surface area contributed by atoms with Crippen LogP contribution in [0.1, 0.15) is 5.56 Å². The van der Waals surface area contributed by atoms with Gasteiger partial charge in [-0.05, 0) is 24.6 Å². The lowest BCUT2D eigenvalue weighted by Gasteiger charge is -2.07. The predicted octanol–water partition coefficient (Wildman–Crippen LogP) is 5.50. The van der Waals surface area contributed by atoms with Crippen molar-refractivity contribution in [1.82, 2.24) is 4.98 Å². The van der Waals surface area contributed by atoms with E-state index in [0.717, 1.165) is 21.2 Å². The first-order chi connectivity index (χ1) is 11.6. The molecular formula is C18H15ClN2OS2. The molecule has 1 amide bonds. The topological polar surface area (TPSA) is 42.0 Å². The molecule has 0 atom stereocenters. The molecule has 24 heavy (non-hydrogen) atoms. The van der Waals surface area contributed by atoms with Crippen LogP contribution >= 0.6 is 34.7 Å². The van der Waals surface area contributed by atoms with Crippen molar-refractivity contribution in [3.63, 3.8) is 0 Å². The Hall–Kier alpha value is -1.82. The highest BCUT2D eigenvalue weighted by Gasteiger charge is 2.09. The largest absolute Gasteiger partial charge is 0.324 e. The molecule has 1 N–H and O–H groups in total. The maximum absolute atomic E-state index is 12.1. The van der Waals surface area contributed by atoms with Crippen molar-refractivity contribution in [2.24, 2.45) is 0 Å². The number of nitrogens with one attached hydrogen (secondary N) is 1. The van der Waals surface area contributed by atoms with Crippen LogP contribution in [0.25, 0.3) is 11.3 Å². The maximum Gasteiger partial charge on any atom is 0.234 e. The van der Waals surface area contributed by atoms with E-state index >= 15 is 0 Å². The Kier molecular flexibility index (Phi) is 5.56. The molecule has 0 aliphatic heterocycles. The van der Waals surface area contributed by atoms with Gasteiger partial charge in [0, 0.05) is 10.9 Å². The van der Waals surface area contributed by atoms with Crippen LogP contribution in [0.4, 0.5) is 5.69 Å². The quantitative estimate of drug-likeness (QED) is 0.599. The van der Waals surface area contributed by atoms with Gasteiger partial charge in [0.15, 0.2) is 4.34 Å². The smallest absolute Gasteiger partial charge is 0.234 e. The molecule has 3 aromatic rings. The second-order valence-corrected chi connectivity index (χ2v) is 7.67. The minimum absolute atomic E-state index is 0.0952. The fraction of sp³-hybridized carbons (Fsp3) is 0.111. The summed E-state index contributed by atoms with van der Waals surface area (Å²) in [6, 6.07) is 15.6. The number of halogens is 1. The van der Waals surface area contributed by atoms with Crippen molar-refractivity contribution in [2.75, 3.05) is 11.1 Å². The average Bonchev–Trinajstić information content (AvgIpc) is 3.05. The third-order valence-corrected chi connectivity index (χ3v) is 5.61. The van der Waals surface area contributed by atoms with Crippen molar-refractivity contribution in [1.29, 1.82) is 0 Å². The third-order valence-electron chi connectivity index (χ3n) is 3.28. The number of benzene rings is 2. The number of carbonyl (C=O) groups excluding carboxylic acids is 1. The second-order valence-electron chi connectivity index (χ2n) is 5.18. The Morgan fingerprint density at radius 1 is 1.25 bits per heavy atom. The number of thioether (sulfide) groups is 1. The van der Waals surface area contributed by atoms with Crippen LogP contribution in [0, 0.1) is 6.92 Å². The van der Waals surface area contributed by atoms with Crippen molar-refractivity contribution in [3.05, 3.63) is 64.5 Å². The highest BCUT2D eigenvalue weighted by atomic mass is 35.5. The zero-order valence-electron chi connectivity index (χ0n) is 13.0. The molecule has 1 aromatic heterocycles. The molecule has 0 saturated carbocycles. The zero-order chi connectivity index (χ0) is 16.9. The van der Waals surface area contributed by atoms with Crippen LogP contribution in [0.15, 0.2) is 58.3 Å². The zero-order valence-corrected chi connectivity index (χ0v) is 15.3. The number of carbonyl (C=O) groups is 1. The van der Waals surface area contributed by atoms with Crippen molar-refractivity contribution < 1.29 is 4.79 Å². The molecule has 0 bridgehead atoms. The SMILES string of the molecule is Cc1ccc(NC(=O)CSc2nc(-c3ccccc3)cs2)c(Cl)c1. The second kappa shape index (κ2) is 7.83. The summed E-state index contributed by atoms with van der Waals surface area (Å²) in [5.41, 5.74) is 3.71. The molecule has 0 saturated heterocycles. The van der Waals surface area contributed by atoms with Crippen LogP contribution in [-0.2, 0) is 4.79 Å². The normalized spacial score (nSPS) is 10.6. The van der Waals surface area contributed by atoms with E-state index in [1.807, 2.05) is 60.8 Å². The van der Waals surface area contributed by atoms with Crippen LogP contribution in [-0.4, -0.2) is 16.6 Å². The Morgan fingerprint density at radius 3 is 2.79 bits per heavy atom. The first-order valence-electron chi connectivity index (χ1n) is 7.31. The fourth-order valence-electron chi connectivity index (χ4n) is 2.10. The molecule has 0 fully saturated rings. The molecule has 1 heterocycles. The lowest BCUT2D eigenvalue weighted by molar-refractivity contribution is -0.113. The molecule has 0 aliphatic rings. The van der Waals surface area contributed by atoms with E-state index < -0.39 is 0 Å². The van der Waals surface area contributed by atoms with Gasteiger partial charge in [-0.3, -0.25) is 4.79 Å². The third kappa shape index (κ3) is 4.38. The van der Waals surface area contributed by atoms with Gasteiger partial charge in [0.2, 0.25) is 5.91 Å². The minimum atomic E-state index is -0.0952. The molecule has 2 aromatic carbocycles. The van der Waals surface area contributed by atoms with Gasteiger partial charge in [0.05, 0.1) is 22.2 Å². The van der Waals surface area contributed by atoms with Gasteiger partial charge in [-0.1, -0.05) is 59.8 Å². The summed E-state index contributed by atoms with van der Waals surface area (Å²) >= 11 is 9.10. The number of anilines is 1. The predicted molar refractivity (Wildman–Crippen MR) is 103 cm³/mol. The number of rotatable bonds is 5. The molecule has 0 spiro atoms. The standard InChI is InChI=1S/C18H15ClN2OS2/c1-12-7-8-15(14(19)9-12)20-17(22)11-24-18-21-16(10-23-18)13-5-3-2-4-6-13/h2-10H,11H2,1H3,(H,20,22). The van der Waals surface area contributed by atoms with E-state index in [-0.39, 0.29) is 5.91 Å². The number of aryl methyl sites for hydroxylation is 1. The van der Waals surface area contributed by atoms with Crippen LogP contribution in [0.5, 0.6) is 0 Å². The summed E-state index contributed by atoms with van der Waals surface area (Å²) in [5, 5.41) is 5.39. The van der Waals surface area contributed by atoms with E-state index in [9.17, 15) is 4.79 Å². The first kappa shape index (κ1) is 17.0. The van der Waals surface area contributed by atoms with E-state index in [1.165, 1.54) is 11.8 Å². The molecule has 0 aliphatic carbocycles. The molecule has 3 nitrogen and oxygen atoms in total. The van der Waals surface area contributed by atoms with Gasteiger partial charge in [-0.15, -0.1) is 11.3 Å². The number of hydrogen-bond donors (Lipinski definition) is 1. The Balaban J connectivity index is 1.58. The van der Waals surface area contributed by atoms with Gasteiger partial charge in [-0.2, -0.15) is 0 Å². The Labute approximate surface area is 154 Å². The summed E-state index contributed by atoms with van der Waals surface area (Å²) < 4.78 is 0.874. The van der Waals surface area contributed by atoms with E-state index in [1.54, 1.807) is 11.3 Å². The Morgan fingerprint density at radius 2 is 2.04 bits per heavy atom. The summed E-state index contributed by atoms with van der Waals surface area (Å²) in [6.07, 6.45) is 0. The van der Waals surface area contributed by atoms with E-state index in [0.29, 0.717) is 16.5 Å². The maximum atomic E-state index is 12.1. The number of aromatic nitrogens is 1. The van der Waals surface area contributed by atoms with Gasteiger partial charge in [-0.25, -0.2) is 4.98 Å². The van der Waals surface area contributed by atoms with Crippen molar-refractivity contribution >= 4 is 46.3 Å². The average molecular weight is 375 g/mol. The lowest BCUT2D eigenvalue weighted by atomic mass is 10.2. The van der Waals surface area contributed by atoms with E-state index in [4.69, 9.17) is 11.6 Å². The summed E-state index contributed by atoms with van der Waals surface area (Å²) in [5.74, 6) is 0.202. The molecule has 122 valence electrons. The number of nitrogens with zero attached hydrogens (tertiary/aromatic N) is 1.